The minimum atomic E-state index is -3.86. The van der Waals surface area contributed by atoms with Gasteiger partial charge in [0.25, 0.3) is 0 Å². The summed E-state index contributed by atoms with van der Waals surface area (Å²) in [6.45, 7) is 2.34. The van der Waals surface area contributed by atoms with Gasteiger partial charge in [0.15, 0.2) is 11.5 Å². The van der Waals surface area contributed by atoms with Crippen LogP contribution in [0.5, 0.6) is 11.5 Å². The van der Waals surface area contributed by atoms with E-state index >= 15 is 0 Å². The van der Waals surface area contributed by atoms with Crippen molar-refractivity contribution in [2.45, 2.75) is 24.3 Å². The molecule has 0 radical (unpaired) electrons. The van der Waals surface area contributed by atoms with Gasteiger partial charge < -0.3 is 14.8 Å². The zero-order valence-corrected chi connectivity index (χ0v) is 18.8. The van der Waals surface area contributed by atoms with Crippen LogP contribution in [-0.4, -0.2) is 62.1 Å². The molecule has 1 fully saturated rings. The van der Waals surface area contributed by atoms with Crippen LogP contribution >= 0.6 is 23.1 Å². The summed E-state index contributed by atoms with van der Waals surface area (Å²) in [5.41, 5.74) is 0.920. The molecule has 1 amide bonds. The third kappa shape index (κ3) is 4.85. The average molecular weight is 458 g/mol. The monoisotopic (exact) mass is 457 g/mol. The number of amides is 1. The third-order valence-corrected chi connectivity index (χ3v) is 8.30. The summed E-state index contributed by atoms with van der Waals surface area (Å²) in [5.74, 6) is 1.09. The predicted octanol–water partition coefficient (Wildman–Crippen LogP) is 1.89. The number of sulfonamides is 1. The van der Waals surface area contributed by atoms with Gasteiger partial charge >= 0.3 is 0 Å². The van der Waals surface area contributed by atoms with Crippen molar-refractivity contribution in [1.29, 1.82) is 0 Å². The second-order valence-corrected chi connectivity index (χ2v) is 10.3. The number of benzene rings is 1. The number of nitrogens with zero attached hydrogens (tertiary/aromatic N) is 2. The number of rotatable bonds is 8. The molecule has 0 aliphatic carbocycles. The molecule has 0 spiro atoms. The number of ether oxygens (including phenoxy) is 2. The number of hydrogen-bond donors (Lipinski definition) is 1. The first kappa shape index (κ1) is 21.9. The summed E-state index contributed by atoms with van der Waals surface area (Å²) in [6.07, 6.45) is 0.609. The molecule has 2 aromatic rings. The molecule has 1 aromatic heterocycles. The molecule has 0 bridgehead atoms. The summed E-state index contributed by atoms with van der Waals surface area (Å²) in [4.78, 5) is 17.1. The molecule has 1 atom stereocenters. The van der Waals surface area contributed by atoms with Crippen molar-refractivity contribution in [3.05, 3.63) is 34.3 Å². The number of carbonyl (C=O) groups is 1. The third-order valence-electron chi connectivity index (χ3n) is 4.45. The maximum absolute atomic E-state index is 13.1. The molecule has 2 heterocycles. The first-order chi connectivity index (χ1) is 13.9. The molecular weight excluding hydrogens is 434 g/mol. The number of hydrogen-bond acceptors (Lipinski definition) is 8. The molecule has 0 saturated carbocycles. The van der Waals surface area contributed by atoms with Crippen LogP contribution in [0.25, 0.3) is 0 Å². The highest BCUT2D eigenvalue weighted by atomic mass is 32.2. The average Bonchev–Trinajstić information content (AvgIpc) is 3.36. The van der Waals surface area contributed by atoms with Crippen LogP contribution in [-0.2, 0) is 21.2 Å². The maximum atomic E-state index is 13.1. The lowest BCUT2D eigenvalue weighted by Gasteiger charge is -2.23. The van der Waals surface area contributed by atoms with E-state index in [4.69, 9.17) is 9.47 Å². The highest BCUT2D eigenvalue weighted by Crippen LogP contribution is 2.33. The molecule has 1 aliphatic rings. The molecule has 8 nitrogen and oxygen atoms in total. The van der Waals surface area contributed by atoms with Gasteiger partial charge in [-0.2, -0.15) is 4.31 Å². The van der Waals surface area contributed by atoms with Crippen molar-refractivity contribution in [2.24, 2.45) is 0 Å². The normalized spacial score (nSPS) is 17.3. The summed E-state index contributed by atoms with van der Waals surface area (Å²) in [7, 11) is -0.932. The number of nitrogens with one attached hydrogen (secondary N) is 1. The van der Waals surface area contributed by atoms with Crippen LogP contribution in [0, 0.1) is 6.92 Å². The van der Waals surface area contributed by atoms with Crippen molar-refractivity contribution in [1.82, 2.24) is 14.6 Å². The Bertz CT molecular complexity index is 977. The van der Waals surface area contributed by atoms with Gasteiger partial charge in [-0.15, -0.1) is 23.1 Å². The minimum Gasteiger partial charge on any atom is -0.493 e. The van der Waals surface area contributed by atoms with Crippen LogP contribution < -0.4 is 14.8 Å². The topological polar surface area (TPSA) is 97.8 Å². The fourth-order valence-corrected chi connectivity index (χ4v) is 6.75. The SMILES string of the molecule is COc1ccc(S(=O)(=O)N2CSC[C@@H]2C(=O)NCCc2csc(C)n2)cc1OC. The lowest BCUT2D eigenvalue weighted by atomic mass is 10.3. The Morgan fingerprint density at radius 1 is 1.31 bits per heavy atom. The van der Waals surface area contributed by atoms with Gasteiger partial charge in [-0.25, -0.2) is 13.4 Å². The van der Waals surface area contributed by atoms with Crippen LogP contribution in [0.15, 0.2) is 28.5 Å². The van der Waals surface area contributed by atoms with Crippen molar-refractivity contribution in [3.63, 3.8) is 0 Å². The zero-order chi connectivity index (χ0) is 21.0. The highest BCUT2D eigenvalue weighted by Gasteiger charge is 2.40. The van der Waals surface area contributed by atoms with Gasteiger partial charge in [-0.05, 0) is 19.1 Å². The fraction of sp³-hybridized carbons (Fsp3) is 0.444. The first-order valence-corrected chi connectivity index (χ1v) is 12.3. The molecule has 29 heavy (non-hydrogen) atoms. The lowest BCUT2D eigenvalue weighted by molar-refractivity contribution is -0.123. The van der Waals surface area contributed by atoms with Gasteiger partial charge in [0.1, 0.15) is 6.04 Å². The van der Waals surface area contributed by atoms with Gasteiger partial charge in [-0.1, -0.05) is 0 Å². The van der Waals surface area contributed by atoms with Crippen molar-refractivity contribution in [2.75, 3.05) is 32.4 Å². The first-order valence-electron chi connectivity index (χ1n) is 8.87. The quantitative estimate of drug-likeness (QED) is 0.646. The fourth-order valence-electron chi connectivity index (χ4n) is 2.94. The number of aromatic nitrogens is 1. The maximum Gasteiger partial charge on any atom is 0.244 e. The van der Waals surface area contributed by atoms with E-state index < -0.39 is 16.1 Å². The Balaban J connectivity index is 1.70. The molecule has 1 aromatic carbocycles. The van der Waals surface area contributed by atoms with E-state index in [9.17, 15) is 13.2 Å². The van der Waals surface area contributed by atoms with E-state index in [-0.39, 0.29) is 16.7 Å². The van der Waals surface area contributed by atoms with Crippen LogP contribution in [0.1, 0.15) is 10.7 Å². The molecule has 1 aliphatic heterocycles. The van der Waals surface area contributed by atoms with Crippen LogP contribution in [0.3, 0.4) is 0 Å². The molecule has 0 unspecified atom stereocenters. The van der Waals surface area contributed by atoms with E-state index in [1.807, 2.05) is 12.3 Å². The number of carbonyl (C=O) groups excluding carboxylic acids is 1. The largest absolute Gasteiger partial charge is 0.493 e. The Morgan fingerprint density at radius 3 is 2.72 bits per heavy atom. The zero-order valence-electron chi connectivity index (χ0n) is 16.4. The smallest absolute Gasteiger partial charge is 0.244 e. The highest BCUT2D eigenvalue weighted by molar-refractivity contribution is 8.00. The summed E-state index contributed by atoms with van der Waals surface area (Å²) >= 11 is 2.97. The van der Waals surface area contributed by atoms with E-state index in [1.54, 1.807) is 17.4 Å². The Morgan fingerprint density at radius 2 is 2.07 bits per heavy atom. The van der Waals surface area contributed by atoms with Crippen LogP contribution in [0.4, 0.5) is 0 Å². The molecular formula is C18H23N3O5S3. The number of thioether (sulfide) groups is 1. The van der Waals surface area contributed by atoms with Crippen molar-refractivity contribution < 1.29 is 22.7 Å². The summed E-state index contributed by atoms with van der Waals surface area (Å²) < 4.78 is 37.9. The van der Waals surface area contributed by atoms with Crippen LogP contribution in [0.2, 0.25) is 0 Å². The molecule has 1 saturated heterocycles. The van der Waals surface area contributed by atoms with Gasteiger partial charge in [0.2, 0.25) is 15.9 Å². The Hall–Kier alpha value is -1.82. The van der Waals surface area contributed by atoms with Gasteiger partial charge in [0, 0.05) is 30.2 Å². The van der Waals surface area contributed by atoms with E-state index in [2.05, 4.69) is 10.3 Å². The van der Waals surface area contributed by atoms with E-state index in [0.29, 0.717) is 30.2 Å². The number of methoxy groups -OCH3 is 2. The lowest BCUT2D eigenvalue weighted by Crippen LogP contribution is -2.47. The number of thiazole rings is 1. The summed E-state index contributed by atoms with van der Waals surface area (Å²) in [5, 5.41) is 5.77. The molecule has 11 heteroatoms. The standard InChI is InChI=1S/C18H23N3O5S3/c1-12-20-13(9-28-12)6-7-19-18(22)15-10-27-11-21(15)29(23,24)14-4-5-16(25-2)17(8-14)26-3/h4-5,8-9,15H,6-7,10-11H2,1-3H3,(H,19,22)/t15-/m1/s1. The second kappa shape index (κ2) is 9.33. The van der Waals surface area contributed by atoms with E-state index in [1.165, 1.54) is 42.4 Å². The molecule has 158 valence electrons. The minimum absolute atomic E-state index is 0.0633. The van der Waals surface area contributed by atoms with Gasteiger partial charge in [0.05, 0.1) is 35.7 Å². The van der Waals surface area contributed by atoms with Crippen molar-refractivity contribution in [3.8, 4) is 11.5 Å². The summed E-state index contributed by atoms with van der Waals surface area (Å²) in [6, 6.07) is 3.66. The van der Waals surface area contributed by atoms with Gasteiger partial charge in [-0.3, -0.25) is 4.79 Å². The predicted molar refractivity (Wildman–Crippen MR) is 113 cm³/mol. The van der Waals surface area contributed by atoms with Crippen molar-refractivity contribution >= 4 is 39.0 Å². The Labute approximate surface area is 178 Å². The molecule has 1 N–H and O–H groups in total. The molecule has 3 rings (SSSR count). The second-order valence-electron chi connectivity index (χ2n) is 6.32. The number of aryl methyl sites for hydroxylation is 1. The van der Waals surface area contributed by atoms with E-state index in [0.717, 1.165) is 10.7 Å². The Kier molecular flexibility index (Phi) is 7.04.